The summed E-state index contributed by atoms with van der Waals surface area (Å²) in [6.45, 7) is 4.48. The molecule has 0 saturated carbocycles. The van der Waals surface area contributed by atoms with Crippen LogP contribution in [-0.4, -0.2) is 53.8 Å². The van der Waals surface area contributed by atoms with Crippen molar-refractivity contribution >= 4 is 11.8 Å². The van der Waals surface area contributed by atoms with Gasteiger partial charge in [-0.1, -0.05) is 19.8 Å². The van der Waals surface area contributed by atoms with Gasteiger partial charge >= 0.3 is 0 Å². The van der Waals surface area contributed by atoms with E-state index in [4.69, 9.17) is 5.73 Å². The molecule has 2 N–H and O–H groups in total. The number of carbonyl (C=O) groups is 2. The number of piperidine rings is 1. The number of hydrogen-bond acceptors (Lipinski definition) is 3. The number of rotatable bonds is 3. The van der Waals surface area contributed by atoms with E-state index in [2.05, 4.69) is 6.92 Å². The van der Waals surface area contributed by atoms with Crippen LogP contribution in [0.25, 0.3) is 0 Å². The van der Waals surface area contributed by atoms with E-state index in [1.165, 1.54) is 0 Å². The van der Waals surface area contributed by atoms with Crippen molar-refractivity contribution in [3.8, 4) is 0 Å². The number of carbonyl (C=O) groups excluding carboxylic acids is 2. The van der Waals surface area contributed by atoms with Gasteiger partial charge in [-0.05, 0) is 31.6 Å². The fourth-order valence-corrected chi connectivity index (χ4v) is 3.44. The largest absolute Gasteiger partial charge is 0.337 e. The van der Waals surface area contributed by atoms with Crippen LogP contribution in [0.5, 0.6) is 0 Å². The van der Waals surface area contributed by atoms with Crippen LogP contribution in [0.15, 0.2) is 0 Å². The van der Waals surface area contributed by atoms with Gasteiger partial charge in [-0.25, -0.2) is 0 Å². The lowest BCUT2D eigenvalue weighted by Gasteiger charge is -2.39. The highest BCUT2D eigenvalue weighted by Crippen LogP contribution is 2.22. The Balaban J connectivity index is 1.93. The van der Waals surface area contributed by atoms with Gasteiger partial charge < -0.3 is 15.5 Å². The average molecular weight is 295 g/mol. The van der Waals surface area contributed by atoms with E-state index in [-0.39, 0.29) is 24.4 Å². The van der Waals surface area contributed by atoms with Crippen molar-refractivity contribution in [1.29, 1.82) is 0 Å². The lowest BCUT2D eigenvalue weighted by atomic mass is 9.92. The maximum atomic E-state index is 12.6. The van der Waals surface area contributed by atoms with Crippen molar-refractivity contribution < 1.29 is 9.59 Å². The van der Waals surface area contributed by atoms with Gasteiger partial charge in [0.25, 0.3) is 0 Å². The second-order valence-electron chi connectivity index (χ2n) is 6.59. The quantitative estimate of drug-likeness (QED) is 0.855. The minimum Gasteiger partial charge on any atom is -0.337 e. The lowest BCUT2D eigenvalue weighted by Crippen LogP contribution is -2.52. The van der Waals surface area contributed by atoms with E-state index in [0.717, 1.165) is 51.6 Å². The van der Waals surface area contributed by atoms with Crippen LogP contribution >= 0.6 is 0 Å². The SMILES string of the molecule is CC1CCN(C(=O)CN2CCCCCCC2=O)C(CN)C1. The number of amides is 2. The molecular weight excluding hydrogens is 266 g/mol. The van der Waals surface area contributed by atoms with Crippen molar-refractivity contribution in [3.63, 3.8) is 0 Å². The molecule has 2 atom stereocenters. The summed E-state index contributed by atoms with van der Waals surface area (Å²) in [5.74, 6) is 0.843. The Morgan fingerprint density at radius 3 is 2.76 bits per heavy atom. The minimum atomic E-state index is 0.0753. The molecule has 2 unspecified atom stereocenters. The van der Waals surface area contributed by atoms with Crippen LogP contribution in [0.1, 0.15) is 51.9 Å². The Morgan fingerprint density at radius 2 is 2.00 bits per heavy atom. The Hall–Kier alpha value is -1.10. The Labute approximate surface area is 127 Å². The van der Waals surface area contributed by atoms with Gasteiger partial charge in [0.2, 0.25) is 11.8 Å². The zero-order valence-electron chi connectivity index (χ0n) is 13.2. The topological polar surface area (TPSA) is 66.6 Å². The minimum absolute atomic E-state index is 0.0753. The summed E-state index contributed by atoms with van der Waals surface area (Å²) in [4.78, 5) is 28.3. The van der Waals surface area contributed by atoms with Crippen LogP contribution in [0, 0.1) is 5.92 Å². The molecule has 5 nitrogen and oxygen atoms in total. The monoisotopic (exact) mass is 295 g/mol. The van der Waals surface area contributed by atoms with Crippen LogP contribution in [0.2, 0.25) is 0 Å². The molecule has 2 fully saturated rings. The summed E-state index contributed by atoms with van der Waals surface area (Å²) in [6.07, 6.45) is 6.86. The number of nitrogens with two attached hydrogens (primary N) is 1. The third-order valence-corrected chi connectivity index (χ3v) is 4.82. The molecule has 0 aromatic carbocycles. The van der Waals surface area contributed by atoms with Crippen molar-refractivity contribution in [2.24, 2.45) is 11.7 Å². The Morgan fingerprint density at radius 1 is 1.24 bits per heavy atom. The molecule has 2 amide bonds. The molecule has 0 bridgehead atoms. The molecule has 2 saturated heterocycles. The van der Waals surface area contributed by atoms with Crippen molar-refractivity contribution in [2.75, 3.05) is 26.2 Å². The van der Waals surface area contributed by atoms with E-state index in [9.17, 15) is 9.59 Å². The van der Waals surface area contributed by atoms with Crippen LogP contribution in [0.3, 0.4) is 0 Å². The van der Waals surface area contributed by atoms with E-state index in [1.54, 1.807) is 4.90 Å². The first-order valence-corrected chi connectivity index (χ1v) is 8.39. The second kappa shape index (κ2) is 7.78. The smallest absolute Gasteiger partial charge is 0.242 e. The summed E-state index contributed by atoms with van der Waals surface area (Å²) in [6, 6.07) is 0.145. The highest BCUT2D eigenvalue weighted by atomic mass is 16.2. The summed E-state index contributed by atoms with van der Waals surface area (Å²) in [5.41, 5.74) is 5.83. The average Bonchev–Trinajstić information content (AvgIpc) is 2.46. The first kappa shape index (κ1) is 16.3. The summed E-state index contributed by atoms with van der Waals surface area (Å²) >= 11 is 0. The van der Waals surface area contributed by atoms with E-state index >= 15 is 0 Å². The Bertz CT molecular complexity index is 373. The fraction of sp³-hybridized carbons (Fsp3) is 0.875. The molecular formula is C16H29N3O2. The van der Waals surface area contributed by atoms with E-state index in [1.807, 2.05) is 4.90 Å². The van der Waals surface area contributed by atoms with Crippen molar-refractivity contribution in [2.45, 2.75) is 57.9 Å². The molecule has 21 heavy (non-hydrogen) atoms. The predicted molar refractivity (Wildman–Crippen MR) is 82.6 cm³/mol. The normalized spacial score (nSPS) is 28.2. The van der Waals surface area contributed by atoms with Crippen LogP contribution < -0.4 is 5.73 Å². The molecule has 0 aromatic rings. The predicted octanol–water partition coefficient (Wildman–Crippen LogP) is 1.36. The number of likely N-dealkylation sites (tertiary alicyclic amines) is 2. The van der Waals surface area contributed by atoms with Gasteiger partial charge in [0.15, 0.2) is 0 Å². The number of nitrogens with zero attached hydrogens (tertiary/aromatic N) is 2. The second-order valence-corrected chi connectivity index (χ2v) is 6.59. The Kier molecular flexibility index (Phi) is 6.03. The fourth-order valence-electron chi connectivity index (χ4n) is 3.44. The summed E-state index contributed by atoms with van der Waals surface area (Å²) in [7, 11) is 0. The first-order valence-electron chi connectivity index (χ1n) is 8.39. The molecule has 2 aliphatic heterocycles. The van der Waals surface area contributed by atoms with Gasteiger partial charge in [-0.15, -0.1) is 0 Å². The molecule has 2 heterocycles. The van der Waals surface area contributed by atoms with Gasteiger partial charge in [-0.2, -0.15) is 0 Å². The first-order chi connectivity index (χ1) is 10.1. The standard InChI is InChI=1S/C16H29N3O2/c1-13-7-9-19(14(10-13)11-17)16(21)12-18-8-5-3-2-4-6-15(18)20/h13-14H,2-12,17H2,1H3. The third kappa shape index (κ3) is 4.43. The molecule has 0 spiro atoms. The molecule has 2 aliphatic rings. The highest BCUT2D eigenvalue weighted by Gasteiger charge is 2.30. The zero-order valence-corrected chi connectivity index (χ0v) is 13.2. The highest BCUT2D eigenvalue weighted by molar-refractivity contribution is 5.85. The lowest BCUT2D eigenvalue weighted by molar-refractivity contribution is -0.143. The van der Waals surface area contributed by atoms with Gasteiger partial charge in [-0.3, -0.25) is 9.59 Å². The summed E-state index contributed by atoms with van der Waals surface area (Å²) < 4.78 is 0. The van der Waals surface area contributed by atoms with E-state index in [0.29, 0.717) is 18.9 Å². The zero-order chi connectivity index (χ0) is 15.2. The van der Waals surface area contributed by atoms with Crippen LogP contribution in [0.4, 0.5) is 0 Å². The van der Waals surface area contributed by atoms with Crippen molar-refractivity contribution in [3.05, 3.63) is 0 Å². The summed E-state index contributed by atoms with van der Waals surface area (Å²) in [5, 5.41) is 0. The van der Waals surface area contributed by atoms with Gasteiger partial charge in [0.05, 0.1) is 6.54 Å². The van der Waals surface area contributed by atoms with E-state index < -0.39 is 0 Å². The molecule has 0 radical (unpaired) electrons. The molecule has 2 rings (SSSR count). The van der Waals surface area contributed by atoms with Gasteiger partial charge in [0, 0.05) is 32.1 Å². The van der Waals surface area contributed by atoms with Crippen LogP contribution in [-0.2, 0) is 9.59 Å². The third-order valence-electron chi connectivity index (χ3n) is 4.82. The molecule has 0 aliphatic carbocycles. The molecule has 0 aromatic heterocycles. The molecule has 5 heteroatoms. The number of hydrogen-bond donors (Lipinski definition) is 1. The maximum Gasteiger partial charge on any atom is 0.242 e. The van der Waals surface area contributed by atoms with Gasteiger partial charge in [0.1, 0.15) is 0 Å². The van der Waals surface area contributed by atoms with Crippen molar-refractivity contribution in [1.82, 2.24) is 9.80 Å². The molecule has 120 valence electrons. The maximum absolute atomic E-state index is 12.6.